The minimum atomic E-state index is -0.520. The fourth-order valence-electron chi connectivity index (χ4n) is 9.95. The van der Waals surface area contributed by atoms with Crippen molar-refractivity contribution in [1.29, 1.82) is 0 Å². The average molecular weight is 842 g/mol. The number of nitrogens with zero attached hydrogens (tertiary/aromatic N) is 5. The van der Waals surface area contributed by atoms with E-state index in [2.05, 4.69) is 102 Å². The van der Waals surface area contributed by atoms with Gasteiger partial charge in [-0.3, -0.25) is 9.13 Å². The second-order valence-electron chi connectivity index (χ2n) is 15.9. The lowest BCUT2D eigenvalue weighted by atomic mass is 9.92. The van der Waals surface area contributed by atoms with Crippen LogP contribution in [0.25, 0.3) is 125 Å². The van der Waals surface area contributed by atoms with Crippen LogP contribution in [0.15, 0.2) is 212 Å². The monoisotopic (exact) mass is 841 g/mol. The number of hydrogen-bond donors (Lipinski definition) is 0. The first-order chi connectivity index (χ1) is 35.1. The molecule has 0 fully saturated rings. The molecule has 0 amide bonds. The Kier molecular flexibility index (Phi) is 6.01. The van der Waals surface area contributed by atoms with E-state index < -0.39 is 48.3 Å². The summed E-state index contributed by atoms with van der Waals surface area (Å²) in [5, 5.41) is 6.19. The highest BCUT2D eigenvalue weighted by molar-refractivity contribution is 7.25. The smallest absolute Gasteiger partial charge is 0.237 e. The van der Waals surface area contributed by atoms with Gasteiger partial charge in [0.15, 0.2) is 0 Å². The molecular weight excluding hydrogens is 799 g/mol. The zero-order valence-electron chi connectivity index (χ0n) is 41.7. The lowest BCUT2D eigenvalue weighted by molar-refractivity contribution is 0.951. The zero-order chi connectivity index (χ0) is 48.8. The van der Waals surface area contributed by atoms with Gasteiger partial charge in [-0.15, -0.1) is 11.3 Å². The van der Waals surface area contributed by atoms with Crippen LogP contribution in [0.1, 0.15) is 11.0 Å². The molecule has 14 aromatic rings. The van der Waals surface area contributed by atoms with Crippen LogP contribution in [0.3, 0.4) is 0 Å². The maximum absolute atomic E-state index is 9.50. The summed E-state index contributed by atoms with van der Waals surface area (Å²) in [4.78, 5) is 11.0. The molecule has 0 bridgehead atoms. The van der Waals surface area contributed by atoms with Crippen molar-refractivity contribution in [2.45, 2.75) is 0 Å². The summed E-state index contributed by atoms with van der Waals surface area (Å²) in [6.45, 7) is 0. The molecule has 0 saturated carbocycles. The molecule has 0 radical (unpaired) electrons. The minimum absolute atomic E-state index is 0.0359. The van der Waals surface area contributed by atoms with Crippen LogP contribution < -0.4 is 0 Å². The number of para-hydroxylation sites is 6. The van der Waals surface area contributed by atoms with Gasteiger partial charge in [-0.1, -0.05) is 152 Å². The van der Waals surface area contributed by atoms with E-state index in [4.69, 9.17) is 15.5 Å². The maximum Gasteiger partial charge on any atom is 0.237 e. The van der Waals surface area contributed by atoms with Gasteiger partial charge in [-0.05, 0) is 65.7 Å². The molecule has 64 heavy (non-hydrogen) atoms. The zero-order valence-corrected chi connectivity index (χ0v) is 34.5. The van der Waals surface area contributed by atoms with Gasteiger partial charge in [0, 0.05) is 64.1 Å². The Morgan fingerprint density at radius 1 is 0.391 bits per heavy atom. The van der Waals surface area contributed by atoms with E-state index in [1.807, 2.05) is 65.2 Å². The first-order valence-corrected chi connectivity index (χ1v) is 21.8. The molecule has 0 aliphatic carbocycles. The van der Waals surface area contributed by atoms with Gasteiger partial charge in [-0.2, -0.15) is 4.98 Å². The van der Waals surface area contributed by atoms with E-state index in [9.17, 15) is 5.48 Å². The van der Waals surface area contributed by atoms with Gasteiger partial charge in [0.25, 0.3) is 0 Å². The molecule has 0 unspecified atom stereocenters. The van der Waals surface area contributed by atoms with Gasteiger partial charge in [-0.25, -0.2) is 4.98 Å². The molecule has 14 rings (SSSR count). The van der Waals surface area contributed by atoms with E-state index in [1.165, 1.54) is 4.57 Å². The molecule has 298 valence electrons. The topological polar surface area (TPSA) is 40.6 Å². The molecule has 5 heterocycles. The molecule has 5 aromatic heterocycles. The molecule has 0 aliphatic rings. The minimum Gasteiger partial charge on any atom is -0.309 e. The van der Waals surface area contributed by atoms with Crippen LogP contribution in [0.5, 0.6) is 0 Å². The Morgan fingerprint density at radius 3 is 1.52 bits per heavy atom. The van der Waals surface area contributed by atoms with E-state index >= 15 is 0 Å². The second-order valence-corrected chi connectivity index (χ2v) is 17.0. The van der Waals surface area contributed by atoms with Crippen molar-refractivity contribution in [2.75, 3.05) is 0 Å². The molecule has 0 atom stereocenters. The fraction of sp³-hybridized carbons (Fsp3) is 0. The predicted molar refractivity (Wildman–Crippen MR) is 269 cm³/mol. The summed E-state index contributed by atoms with van der Waals surface area (Å²) in [7, 11) is 0. The van der Waals surface area contributed by atoms with E-state index in [0.717, 1.165) is 86.2 Å². The molecule has 6 heteroatoms. The van der Waals surface area contributed by atoms with Crippen molar-refractivity contribution in [1.82, 2.24) is 23.7 Å². The van der Waals surface area contributed by atoms with E-state index in [1.54, 1.807) is 17.4 Å². The summed E-state index contributed by atoms with van der Waals surface area (Å²) >= 11 is 1.73. The van der Waals surface area contributed by atoms with Gasteiger partial charge in [0.1, 0.15) is 5.82 Å². The van der Waals surface area contributed by atoms with Crippen molar-refractivity contribution >= 4 is 96.9 Å². The highest BCUT2D eigenvalue weighted by atomic mass is 32.1. The lowest BCUT2D eigenvalue weighted by Gasteiger charge is -2.20. The van der Waals surface area contributed by atoms with Gasteiger partial charge < -0.3 is 4.57 Å². The SMILES string of the molecule is [2H]c1c([2H])c([2H])c2c(c1[2H])c1c([2H])c([2H])c([2H])c([2H])c1n2-c1cc(-c2c(-c3cccc4sc5ccccc5c34)cccc2-n2c3ccccc3c3ccccc32)nc(-n2c3ccccc3c3ccccc32)n1. The number of hydrogen-bond acceptors (Lipinski definition) is 3. The number of thiophene rings is 1. The molecule has 0 aliphatic heterocycles. The molecule has 0 spiro atoms. The molecule has 0 saturated heterocycles. The van der Waals surface area contributed by atoms with Crippen molar-refractivity contribution in [3.63, 3.8) is 0 Å². The van der Waals surface area contributed by atoms with Gasteiger partial charge in [0.2, 0.25) is 5.95 Å². The van der Waals surface area contributed by atoms with Crippen LogP contribution >= 0.6 is 11.3 Å². The number of rotatable bonds is 5. The van der Waals surface area contributed by atoms with E-state index in [0.29, 0.717) is 5.69 Å². The third-order valence-corrected chi connectivity index (χ3v) is 13.7. The Labute approximate surface area is 382 Å². The molecular formula is C58H35N5S. The van der Waals surface area contributed by atoms with Crippen molar-refractivity contribution in [3.8, 4) is 39.8 Å². The summed E-state index contributed by atoms with van der Waals surface area (Å²) < 4.78 is 81.0. The van der Waals surface area contributed by atoms with Crippen LogP contribution in [-0.2, 0) is 0 Å². The lowest BCUT2D eigenvalue weighted by Crippen LogP contribution is -2.09. The Hall–Kier alpha value is -8.32. The third kappa shape index (κ3) is 5.00. The van der Waals surface area contributed by atoms with Crippen LogP contribution in [0.2, 0.25) is 0 Å². The summed E-state index contributed by atoms with van der Waals surface area (Å²) in [6, 6.07) is 51.8. The normalized spacial score (nSPS) is 13.8. The molecule has 5 nitrogen and oxygen atoms in total. The molecule has 9 aromatic carbocycles. The summed E-state index contributed by atoms with van der Waals surface area (Å²) in [5.41, 5.74) is 7.36. The van der Waals surface area contributed by atoms with Gasteiger partial charge in [0.05, 0.1) is 55.4 Å². The first-order valence-electron chi connectivity index (χ1n) is 25.0. The van der Waals surface area contributed by atoms with E-state index in [-0.39, 0.29) is 33.6 Å². The van der Waals surface area contributed by atoms with Crippen molar-refractivity contribution in [3.05, 3.63) is 212 Å². The number of aromatic nitrogens is 5. The van der Waals surface area contributed by atoms with Crippen LogP contribution in [0.4, 0.5) is 0 Å². The number of benzene rings is 9. The standard InChI is InChI=1S/C58H35N5S/c1-8-26-46-36(17-1)37-18-2-9-27-47(37)61(46)52-32-15-24-43(42-25-16-34-54-56(42)44-23-7-14-33-53(44)64-54)57(52)45-35-55(62-48-28-10-3-19-38(48)39-20-4-11-29-49(39)62)60-58(59-45)63-50-30-12-5-21-40(50)41-22-6-13-31-51(41)63/h1-35H/i3D,4D,10D,11D,19D,20D,28D,29D. The van der Waals surface area contributed by atoms with Crippen molar-refractivity contribution in [2.24, 2.45) is 0 Å². The summed E-state index contributed by atoms with van der Waals surface area (Å²) in [5.74, 6) is 0.368. The van der Waals surface area contributed by atoms with Crippen LogP contribution in [0, 0.1) is 0 Å². The Morgan fingerprint density at radius 2 is 0.891 bits per heavy atom. The quantitative estimate of drug-likeness (QED) is 0.173. The second kappa shape index (κ2) is 13.6. The highest BCUT2D eigenvalue weighted by Crippen LogP contribution is 2.46. The van der Waals surface area contributed by atoms with Gasteiger partial charge >= 0.3 is 0 Å². The highest BCUT2D eigenvalue weighted by Gasteiger charge is 2.25. The molecule has 0 N–H and O–H groups in total. The fourth-order valence-corrected chi connectivity index (χ4v) is 11.1. The van der Waals surface area contributed by atoms with Crippen LogP contribution in [-0.4, -0.2) is 23.7 Å². The predicted octanol–water partition coefficient (Wildman–Crippen LogP) is 15.5. The average Bonchev–Trinajstić information content (AvgIpc) is 4.18. The number of fused-ring (bicyclic) bond motifs is 12. The van der Waals surface area contributed by atoms with Crippen molar-refractivity contribution < 1.29 is 11.0 Å². The summed E-state index contributed by atoms with van der Waals surface area (Å²) in [6.07, 6.45) is 0. The third-order valence-electron chi connectivity index (χ3n) is 12.6. The first kappa shape index (κ1) is 28.3. The maximum atomic E-state index is 9.50. The Balaban J connectivity index is 1.21. The largest absolute Gasteiger partial charge is 0.309 e. The Bertz CT molecular complexity index is 4520.